The average molecular weight is 336 g/mol. The molecule has 25 heavy (non-hydrogen) atoms. The molecular weight excluding hydrogens is 323 g/mol. The number of nitriles is 1. The van der Waals surface area contributed by atoms with Gasteiger partial charge in [-0.15, -0.1) is 0 Å². The fourth-order valence-electron chi connectivity index (χ4n) is 2.29. The van der Waals surface area contributed by atoms with Crippen LogP contribution in [0, 0.1) is 17.1 Å². The topological polar surface area (TPSA) is 87.9 Å². The molecule has 1 aromatic carbocycles. The second-order valence-electron chi connectivity index (χ2n) is 5.13. The monoisotopic (exact) mass is 336 g/mol. The first-order chi connectivity index (χ1) is 12.2. The van der Waals surface area contributed by atoms with Gasteiger partial charge in [0.1, 0.15) is 24.3 Å². The smallest absolute Gasteiger partial charge is 0.341 e. The third kappa shape index (κ3) is 3.70. The molecule has 3 rings (SSSR count). The Balaban J connectivity index is 1.61. The van der Waals surface area contributed by atoms with Crippen molar-refractivity contribution in [1.29, 1.82) is 5.26 Å². The number of fused-ring (bicyclic) bond motifs is 1. The number of pyridine rings is 2. The molecule has 6 nitrogen and oxygen atoms in total. The summed E-state index contributed by atoms with van der Waals surface area (Å²) >= 11 is 0. The first-order valence-electron chi connectivity index (χ1n) is 7.48. The van der Waals surface area contributed by atoms with Gasteiger partial charge in [0.25, 0.3) is 0 Å². The first-order valence-corrected chi connectivity index (χ1v) is 7.48. The standard InChI is InChI=1S/C18H13FN4O2/c19-16-9-14-11-21-5-3-12(14)8-15(16)18(24)25-7-6-23-17-13(10-20)2-1-4-22-17/h1-5,8-9,11H,6-7H2,(H,22,23). The largest absolute Gasteiger partial charge is 0.460 e. The predicted octanol–water partition coefficient (Wildman–Crippen LogP) is 2.91. The number of benzene rings is 1. The Morgan fingerprint density at radius 1 is 1.28 bits per heavy atom. The van der Waals surface area contributed by atoms with E-state index in [1.807, 2.05) is 6.07 Å². The van der Waals surface area contributed by atoms with Gasteiger partial charge in [-0.05, 0) is 35.7 Å². The minimum atomic E-state index is -0.750. The molecular formula is C18H13FN4O2. The zero-order valence-corrected chi connectivity index (χ0v) is 13.1. The highest BCUT2D eigenvalue weighted by molar-refractivity contribution is 5.95. The number of esters is 1. The van der Waals surface area contributed by atoms with Crippen molar-refractivity contribution in [2.24, 2.45) is 0 Å². The van der Waals surface area contributed by atoms with Crippen LogP contribution in [0.5, 0.6) is 0 Å². The summed E-state index contributed by atoms with van der Waals surface area (Å²) in [5, 5.41) is 13.2. The van der Waals surface area contributed by atoms with Crippen LogP contribution in [0.2, 0.25) is 0 Å². The van der Waals surface area contributed by atoms with Crippen LogP contribution in [-0.4, -0.2) is 29.1 Å². The molecule has 3 aromatic rings. The van der Waals surface area contributed by atoms with Gasteiger partial charge in [0, 0.05) is 24.0 Å². The van der Waals surface area contributed by atoms with Gasteiger partial charge >= 0.3 is 5.97 Å². The molecule has 7 heteroatoms. The number of carbonyl (C=O) groups excluding carboxylic acids is 1. The molecule has 2 heterocycles. The van der Waals surface area contributed by atoms with Crippen molar-refractivity contribution in [1.82, 2.24) is 9.97 Å². The predicted molar refractivity (Wildman–Crippen MR) is 89.4 cm³/mol. The van der Waals surface area contributed by atoms with Crippen molar-refractivity contribution < 1.29 is 13.9 Å². The Morgan fingerprint density at radius 3 is 3.00 bits per heavy atom. The van der Waals surface area contributed by atoms with Gasteiger partial charge < -0.3 is 10.1 Å². The van der Waals surface area contributed by atoms with Gasteiger partial charge in [-0.3, -0.25) is 4.98 Å². The number of aromatic nitrogens is 2. The van der Waals surface area contributed by atoms with Crippen LogP contribution in [0.4, 0.5) is 10.2 Å². The van der Waals surface area contributed by atoms with Crippen molar-refractivity contribution in [3.8, 4) is 6.07 Å². The van der Waals surface area contributed by atoms with Crippen LogP contribution in [0.3, 0.4) is 0 Å². The summed E-state index contributed by atoms with van der Waals surface area (Å²) in [5.74, 6) is -1.00. The number of halogens is 1. The molecule has 0 fully saturated rings. The van der Waals surface area contributed by atoms with E-state index in [4.69, 9.17) is 10.00 Å². The summed E-state index contributed by atoms with van der Waals surface area (Å²) in [7, 11) is 0. The third-order valence-corrected chi connectivity index (χ3v) is 3.50. The van der Waals surface area contributed by atoms with E-state index < -0.39 is 11.8 Å². The van der Waals surface area contributed by atoms with Gasteiger partial charge in [0.15, 0.2) is 0 Å². The van der Waals surface area contributed by atoms with Gasteiger partial charge in [0.05, 0.1) is 17.7 Å². The second kappa shape index (κ2) is 7.36. The van der Waals surface area contributed by atoms with Crippen LogP contribution in [0.25, 0.3) is 10.8 Å². The summed E-state index contributed by atoms with van der Waals surface area (Å²) in [4.78, 5) is 20.0. The number of rotatable bonds is 5. The lowest BCUT2D eigenvalue weighted by molar-refractivity contribution is 0.0515. The van der Waals surface area contributed by atoms with Crippen LogP contribution >= 0.6 is 0 Å². The minimum Gasteiger partial charge on any atom is -0.460 e. The highest BCUT2D eigenvalue weighted by atomic mass is 19.1. The molecule has 124 valence electrons. The minimum absolute atomic E-state index is 0.00803. The highest BCUT2D eigenvalue weighted by Gasteiger charge is 2.14. The molecule has 2 aromatic heterocycles. The Morgan fingerprint density at radius 2 is 2.16 bits per heavy atom. The molecule has 0 saturated carbocycles. The molecule has 0 atom stereocenters. The molecule has 0 aliphatic heterocycles. The zero-order chi connectivity index (χ0) is 17.6. The van der Waals surface area contributed by atoms with Gasteiger partial charge in [-0.2, -0.15) is 5.26 Å². The Hall–Kier alpha value is -3.53. The number of anilines is 1. The fourth-order valence-corrected chi connectivity index (χ4v) is 2.29. The molecule has 0 aliphatic carbocycles. The van der Waals surface area contributed by atoms with Crippen molar-refractivity contribution in [3.05, 3.63) is 65.9 Å². The molecule has 1 N–H and O–H groups in total. The van der Waals surface area contributed by atoms with E-state index in [-0.39, 0.29) is 18.7 Å². The van der Waals surface area contributed by atoms with E-state index in [2.05, 4.69) is 15.3 Å². The maximum Gasteiger partial charge on any atom is 0.341 e. The molecule has 0 unspecified atom stereocenters. The van der Waals surface area contributed by atoms with Crippen LogP contribution < -0.4 is 5.32 Å². The summed E-state index contributed by atoms with van der Waals surface area (Å²) in [5.41, 5.74) is 0.261. The average Bonchev–Trinajstić information content (AvgIpc) is 2.64. The summed E-state index contributed by atoms with van der Waals surface area (Å²) in [6, 6.07) is 9.67. The van der Waals surface area contributed by atoms with E-state index >= 15 is 0 Å². The number of nitrogens with one attached hydrogen (secondary N) is 1. The third-order valence-electron chi connectivity index (χ3n) is 3.50. The lowest BCUT2D eigenvalue weighted by Gasteiger charge is -2.09. The maximum absolute atomic E-state index is 14.1. The van der Waals surface area contributed by atoms with Crippen molar-refractivity contribution in [2.45, 2.75) is 0 Å². The molecule has 0 aliphatic rings. The van der Waals surface area contributed by atoms with E-state index in [1.165, 1.54) is 18.3 Å². The van der Waals surface area contributed by atoms with E-state index in [0.717, 1.165) is 0 Å². The lowest BCUT2D eigenvalue weighted by Crippen LogP contribution is -2.16. The lowest BCUT2D eigenvalue weighted by atomic mass is 10.1. The molecule has 0 saturated heterocycles. The van der Waals surface area contributed by atoms with Crippen LogP contribution in [0.15, 0.2) is 48.9 Å². The number of ether oxygens (including phenoxy) is 1. The Labute approximate surface area is 142 Å². The SMILES string of the molecule is N#Cc1cccnc1NCCOC(=O)c1cc2ccncc2cc1F. The van der Waals surface area contributed by atoms with Crippen LogP contribution in [-0.2, 0) is 4.74 Å². The zero-order valence-electron chi connectivity index (χ0n) is 13.1. The number of hydrogen-bond acceptors (Lipinski definition) is 6. The number of nitrogens with zero attached hydrogens (tertiary/aromatic N) is 3. The molecule has 0 spiro atoms. The van der Waals surface area contributed by atoms with Crippen molar-refractivity contribution in [2.75, 3.05) is 18.5 Å². The summed E-state index contributed by atoms with van der Waals surface area (Å²) in [6.07, 6.45) is 4.64. The van der Waals surface area contributed by atoms with Crippen molar-refractivity contribution >= 4 is 22.6 Å². The van der Waals surface area contributed by atoms with Gasteiger partial charge in [-0.1, -0.05) is 0 Å². The first kappa shape index (κ1) is 16.3. The Kier molecular flexibility index (Phi) is 4.81. The van der Waals surface area contributed by atoms with Gasteiger partial charge in [-0.25, -0.2) is 14.2 Å². The summed E-state index contributed by atoms with van der Waals surface area (Å²) in [6.45, 7) is 0.255. The van der Waals surface area contributed by atoms with E-state index in [0.29, 0.717) is 22.2 Å². The highest BCUT2D eigenvalue weighted by Crippen LogP contribution is 2.19. The molecule has 0 radical (unpaired) electrons. The Bertz CT molecular complexity index is 969. The molecule has 0 amide bonds. The maximum atomic E-state index is 14.1. The quantitative estimate of drug-likeness (QED) is 0.569. The summed E-state index contributed by atoms with van der Waals surface area (Å²) < 4.78 is 19.1. The molecule has 0 bridgehead atoms. The second-order valence-corrected chi connectivity index (χ2v) is 5.13. The number of hydrogen-bond donors (Lipinski definition) is 1. The van der Waals surface area contributed by atoms with Gasteiger partial charge in [0.2, 0.25) is 0 Å². The number of carbonyl (C=O) groups is 1. The fraction of sp³-hybridized carbons (Fsp3) is 0.111. The van der Waals surface area contributed by atoms with E-state index in [1.54, 1.807) is 30.6 Å². The van der Waals surface area contributed by atoms with E-state index in [9.17, 15) is 9.18 Å². The van der Waals surface area contributed by atoms with Crippen LogP contribution in [0.1, 0.15) is 15.9 Å². The van der Waals surface area contributed by atoms with Crippen molar-refractivity contribution in [3.63, 3.8) is 0 Å². The normalized spacial score (nSPS) is 10.2.